The molecule has 0 radical (unpaired) electrons. The highest BCUT2D eigenvalue weighted by atomic mass is 35.5. The van der Waals surface area contributed by atoms with Gasteiger partial charge in [-0.25, -0.2) is 18.1 Å². The van der Waals surface area contributed by atoms with E-state index in [0.717, 1.165) is 0 Å². The van der Waals surface area contributed by atoms with Crippen molar-refractivity contribution in [2.75, 3.05) is 18.1 Å². The number of nitrogens with one attached hydrogen (secondary N) is 1. The third kappa shape index (κ3) is 4.34. The van der Waals surface area contributed by atoms with Gasteiger partial charge >= 0.3 is 0 Å². The van der Waals surface area contributed by atoms with Crippen LogP contribution in [-0.4, -0.2) is 35.7 Å². The molecule has 1 aromatic heterocycles. The maximum absolute atomic E-state index is 11.8. The van der Waals surface area contributed by atoms with Gasteiger partial charge in [-0.15, -0.1) is 0 Å². The third-order valence-corrected chi connectivity index (χ3v) is 5.17. The van der Waals surface area contributed by atoms with Crippen molar-refractivity contribution < 1.29 is 12.6 Å². The molecule has 96 valence electrons. The summed E-state index contributed by atoms with van der Waals surface area (Å²) in [7, 11) is -4.67. The van der Waals surface area contributed by atoms with Crippen LogP contribution in [-0.2, 0) is 20.8 Å². The topological polar surface area (TPSA) is 76.1 Å². The van der Waals surface area contributed by atoms with E-state index in [1.54, 1.807) is 6.92 Å². The van der Waals surface area contributed by atoms with Crippen LogP contribution < -0.4 is 4.72 Å². The SMILES string of the molecule is CCS(=O)CCNS(=O)(=O)c1cccnc1Cl. The summed E-state index contributed by atoms with van der Waals surface area (Å²) >= 11 is 5.69. The molecule has 0 fully saturated rings. The van der Waals surface area contributed by atoms with Gasteiger partial charge in [0.05, 0.1) is 0 Å². The van der Waals surface area contributed by atoms with E-state index in [4.69, 9.17) is 11.6 Å². The molecule has 0 amide bonds. The predicted octanol–water partition coefficient (Wildman–Crippen LogP) is 0.782. The average molecular weight is 297 g/mol. The van der Waals surface area contributed by atoms with Crippen molar-refractivity contribution in [1.29, 1.82) is 0 Å². The van der Waals surface area contributed by atoms with Crippen molar-refractivity contribution in [3.05, 3.63) is 23.5 Å². The first kappa shape index (κ1) is 14.6. The molecule has 1 rings (SSSR count). The van der Waals surface area contributed by atoms with Gasteiger partial charge in [0.2, 0.25) is 10.0 Å². The minimum absolute atomic E-state index is 0.0658. The van der Waals surface area contributed by atoms with Gasteiger partial charge in [0.15, 0.2) is 0 Å². The monoisotopic (exact) mass is 296 g/mol. The lowest BCUT2D eigenvalue weighted by molar-refractivity contribution is 0.583. The van der Waals surface area contributed by atoms with Gasteiger partial charge in [-0.1, -0.05) is 18.5 Å². The fourth-order valence-corrected chi connectivity index (χ4v) is 3.31. The first-order valence-corrected chi connectivity index (χ1v) is 8.27. The lowest BCUT2D eigenvalue weighted by Crippen LogP contribution is -2.28. The Bertz CT molecular complexity index is 505. The van der Waals surface area contributed by atoms with Gasteiger partial charge in [-0.3, -0.25) is 4.21 Å². The highest BCUT2D eigenvalue weighted by molar-refractivity contribution is 7.89. The van der Waals surface area contributed by atoms with Gasteiger partial charge in [0.1, 0.15) is 10.0 Å². The number of nitrogens with zero attached hydrogens (tertiary/aromatic N) is 1. The molecule has 0 saturated heterocycles. The van der Waals surface area contributed by atoms with E-state index in [2.05, 4.69) is 9.71 Å². The van der Waals surface area contributed by atoms with Crippen LogP contribution in [0.15, 0.2) is 23.2 Å². The van der Waals surface area contributed by atoms with Crippen LogP contribution in [0.25, 0.3) is 0 Å². The van der Waals surface area contributed by atoms with Crippen molar-refractivity contribution in [3.63, 3.8) is 0 Å². The molecular formula is C9H13ClN2O3S2. The van der Waals surface area contributed by atoms with Gasteiger partial charge in [-0.2, -0.15) is 0 Å². The molecule has 1 N–H and O–H groups in total. The second-order valence-electron chi connectivity index (χ2n) is 3.12. The second kappa shape index (κ2) is 6.44. The molecule has 0 bridgehead atoms. The molecule has 0 aliphatic carbocycles. The minimum Gasteiger partial charge on any atom is -0.260 e. The number of hydrogen-bond acceptors (Lipinski definition) is 4. The van der Waals surface area contributed by atoms with Gasteiger partial charge in [-0.05, 0) is 12.1 Å². The van der Waals surface area contributed by atoms with Crippen LogP contribution in [0.2, 0.25) is 5.15 Å². The Hall–Kier alpha value is -0.500. The molecule has 1 unspecified atom stereocenters. The fraction of sp³-hybridized carbons (Fsp3) is 0.444. The maximum atomic E-state index is 11.8. The minimum atomic E-state index is -3.67. The Balaban J connectivity index is 2.70. The molecule has 1 atom stereocenters. The zero-order valence-electron chi connectivity index (χ0n) is 9.22. The van der Waals surface area contributed by atoms with Crippen molar-refractivity contribution in [2.45, 2.75) is 11.8 Å². The van der Waals surface area contributed by atoms with Gasteiger partial charge < -0.3 is 0 Å². The molecule has 0 aromatic carbocycles. The number of pyridine rings is 1. The van der Waals surface area contributed by atoms with Crippen molar-refractivity contribution in [2.24, 2.45) is 0 Å². The standard InChI is InChI=1S/C9H13ClN2O3S2/c1-2-16(13)7-6-12-17(14,15)8-4-3-5-11-9(8)10/h3-5,12H,2,6-7H2,1H3. The smallest absolute Gasteiger partial charge is 0.243 e. The summed E-state index contributed by atoms with van der Waals surface area (Å²) in [4.78, 5) is 3.63. The molecule has 0 aliphatic heterocycles. The highest BCUT2D eigenvalue weighted by Gasteiger charge is 2.17. The zero-order valence-corrected chi connectivity index (χ0v) is 11.6. The number of hydrogen-bond donors (Lipinski definition) is 1. The molecule has 5 nitrogen and oxygen atoms in total. The summed E-state index contributed by atoms with van der Waals surface area (Å²) in [6, 6.07) is 2.86. The van der Waals surface area contributed by atoms with E-state index in [0.29, 0.717) is 5.75 Å². The summed E-state index contributed by atoms with van der Waals surface area (Å²) in [5.74, 6) is 0.795. The Morgan fingerprint density at radius 1 is 1.53 bits per heavy atom. The number of aromatic nitrogens is 1. The Morgan fingerprint density at radius 3 is 2.82 bits per heavy atom. The summed E-state index contributed by atoms with van der Waals surface area (Å²) in [5, 5.41) is -0.0726. The van der Waals surface area contributed by atoms with Gasteiger partial charge in [0.25, 0.3) is 0 Å². The second-order valence-corrected chi connectivity index (χ2v) is 7.08. The molecule has 0 aliphatic rings. The van der Waals surface area contributed by atoms with Crippen LogP contribution in [0.3, 0.4) is 0 Å². The normalized spacial score (nSPS) is 13.5. The van der Waals surface area contributed by atoms with Crippen molar-refractivity contribution in [3.8, 4) is 0 Å². The van der Waals surface area contributed by atoms with Crippen LogP contribution >= 0.6 is 11.6 Å². The van der Waals surface area contributed by atoms with E-state index >= 15 is 0 Å². The lowest BCUT2D eigenvalue weighted by Gasteiger charge is -2.06. The van der Waals surface area contributed by atoms with E-state index < -0.39 is 20.8 Å². The van der Waals surface area contributed by atoms with Crippen molar-refractivity contribution in [1.82, 2.24) is 9.71 Å². The number of sulfonamides is 1. The highest BCUT2D eigenvalue weighted by Crippen LogP contribution is 2.16. The summed E-state index contributed by atoms with van der Waals surface area (Å²) in [5.41, 5.74) is 0. The van der Waals surface area contributed by atoms with E-state index in [1.807, 2.05) is 0 Å². The summed E-state index contributed by atoms with van der Waals surface area (Å²) in [6.45, 7) is 1.90. The first-order chi connectivity index (χ1) is 7.97. The molecule has 0 saturated carbocycles. The fourth-order valence-electron chi connectivity index (χ4n) is 1.08. The van der Waals surface area contributed by atoms with Gasteiger partial charge in [0, 0.05) is 35.0 Å². The summed E-state index contributed by atoms with van der Waals surface area (Å²) in [6.07, 6.45) is 1.41. The van der Waals surface area contributed by atoms with Crippen LogP contribution in [0.1, 0.15) is 6.92 Å². The molecule has 8 heteroatoms. The average Bonchev–Trinajstić information content (AvgIpc) is 2.28. The maximum Gasteiger partial charge on any atom is 0.243 e. The molecule has 1 heterocycles. The van der Waals surface area contributed by atoms with Crippen LogP contribution in [0, 0.1) is 0 Å². The number of halogens is 1. The van der Waals surface area contributed by atoms with E-state index in [-0.39, 0.29) is 22.3 Å². The summed E-state index contributed by atoms with van der Waals surface area (Å²) < 4.78 is 37.1. The quantitative estimate of drug-likeness (QED) is 0.787. The molecular weight excluding hydrogens is 284 g/mol. The third-order valence-electron chi connectivity index (χ3n) is 1.96. The van der Waals surface area contributed by atoms with Crippen LogP contribution in [0.4, 0.5) is 0 Å². The van der Waals surface area contributed by atoms with Crippen molar-refractivity contribution >= 4 is 32.4 Å². The largest absolute Gasteiger partial charge is 0.260 e. The predicted molar refractivity (Wildman–Crippen MR) is 68.0 cm³/mol. The zero-order chi connectivity index (χ0) is 12.9. The molecule has 1 aromatic rings. The van der Waals surface area contributed by atoms with E-state index in [1.165, 1.54) is 18.3 Å². The number of rotatable bonds is 6. The Labute approximate surface area is 108 Å². The van der Waals surface area contributed by atoms with E-state index in [9.17, 15) is 12.6 Å². The molecule has 17 heavy (non-hydrogen) atoms. The Morgan fingerprint density at radius 2 is 2.24 bits per heavy atom. The lowest BCUT2D eigenvalue weighted by atomic mass is 10.5. The molecule has 0 spiro atoms. The van der Waals surface area contributed by atoms with Crippen LogP contribution in [0.5, 0.6) is 0 Å². The first-order valence-electron chi connectivity index (χ1n) is 4.92. The Kier molecular flexibility index (Phi) is 5.51.